The van der Waals surface area contributed by atoms with Crippen molar-refractivity contribution in [3.8, 4) is 0 Å². The van der Waals surface area contributed by atoms with Crippen LogP contribution in [0.1, 0.15) is 50.4 Å². The summed E-state index contributed by atoms with van der Waals surface area (Å²) in [5.41, 5.74) is 8.38. The SMILES string of the molecule is CC(=O)c1cc(NC2CCC(C)(C)C2)ccc1N. The van der Waals surface area contributed by atoms with E-state index in [1.54, 1.807) is 13.0 Å². The fourth-order valence-corrected chi connectivity index (χ4v) is 2.75. The average molecular weight is 246 g/mol. The van der Waals surface area contributed by atoms with Gasteiger partial charge in [0.05, 0.1) is 0 Å². The lowest BCUT2D eigenvalue weighted by atomic mass is 9.92. The van der Waals surface area contributed by atoms with Crippen molar-refractivity contribution >= 4 is 17.2 Å². The first-order chi connectivity index (χ1) is 8.37. The van der Waals surface area contributed by atoms with Gasteiger partial charge in [0, 0.05) is 23.0 Å². The number of Topliss-reactive ketones (excluding diaryl/α,β-unsaturated/α-hetero) is 1. The predicted octanol–water partition coefficient (Wildman–Crippen LogP) is 3.46. The summed E-state index contributed by atoms with van der Waals surface area (Å²) in [5, 5.41) is 3.51. The highest BCUT2D eigenvalue weighted by atomic mass is 16.1. The van der Waals surface area contributed by atoms with Crippen molar-refractivity contribution in [2.75, 3.05) is 11.1 Å². The Bertz CT molecular complexity index is 466. The van der Waals surface area contributed by atoms with Crippen LogP contribution in [0.5, 0.6) is 0 Å². The van der Waals surface area contributed by atoms with E-state index < -0.39 is 0 Å². The monoisotopic (exact) mass is 246 g/mol. The summed E-state index contributed by atoms with van der Waals surface area (Å²) in [4.78, 5) is 11.5. The van der Waals surface area contributed by atoms with Crippen molar-refractivity contribution in [3.63, 3.8) is 0 Å². The number of nitrogen functional groups attached to an aromatic ring is 1. The highest BCUT2D eigenvalue weighted by Crippen LogP contribution is 2.38. The summed E-state index contributed by atoms with van der Waals surface area (Å²) < 4.78 is 0. The molecule has 3 N–H and O–H groups in total. The number of rotatable bonds is 3. The number of hydrogen-bond donors (Lipinski definition) is 2. The van der Waals surface area contributed by atoms with Crippen LogP contribution in [-0.2, 0) is 0 Å². The van der Waals surface area contributed by atoms with Crippen LogP contribution < -0.4 is 11.1 Å². The quantitative estimate of drug-likeness (QED) is 0.634. The van der Waals surface area contributed by atoms with Gasteiger partial charge in [-0.15, -0.1) is 0 Å². The van der Waals surface area contributed by atoms with Gasteiger partial charge >= 0.3 is 0 Å². The van der Waals surface area contributed by atoms with E-state index in [-0.39, 0.29) is 5.78 Å². The average Bonchev–Trinajstić information content (AvgIpc) is 2.60. The van der Waals surface area contributed by atoms with E-state index in [9.17, 15) is 4.79 Å². The van der Waals surface area contributed by atoms with E-state index in [0.29, 0.717) is 22.7 Å². The molecule has 2 rings (SSSR count). The first-order valence-corrected chi connectivity index (χ1v) is 6.54. The third-order valence-corrected chi connectivity index (χ3v) is 3.77. The van der Waals surface area contributed by atoms with Crippen LogP contribution >= 0.6 is 0 Å². The van der Waals surface area contributed by atoms with Gasteiger partial charge in [-0.2, -0.15) is 0 Å². The number of nitrogens with two attached hydrogens (primary N) is 1. The first kappa shape index (κ1) is 12.9. The topological polar surface area (TPSA) is 55.1 Å². The number of anilines is 2. The van der Waals surface area contributed by atoms with Crippen LogP contribution in [0.15, 0.2) is 18.2 Å². The fourth-order valence-electron chi connectivity index (χ4n) is 2.75. The Kier molecular flexibility index (Phi) is 3.33. The molecule has 1 aromatic carbocycles. The lowest BCUT2D eigenvalue weighted by molar-refractivity contribution is 0.101. The van der Waals surface area contributed by atoms with Crippen LogP contribution in [0, 0.1) is 5.41 Å². The minimum atomic E-state index is 0.0166. The van der Waals surface area contributed by atoms with Crippen LogP contribution in [-0.4, -0.2) is 11.8 Å². The maximum absolute atomic E-state index is 11.5. The Balaban J connectivity index is 2.11. The van der Waals surface area contributed by atoms with Gasteiger partial charge in [0.2, 0.25) is 0 Å². The van der Waals surface area contributed by atoms with Crippen molar-refractivity contribution < 1.29 is 4.79 Å². The molecule has 0 aliphatic heterocycles. The molecule has 0 heterocycles. The molecular formula is C15H22N2O. The van der Waals surface area contributed by atoms with Crippen LogP contribution in [0.3, 0.4) is 0 Å². The Hall–Kier alpha value is -1.51. The van der Waals surface area contributed by atoms with Gasteiger partial charge in [-0.1, -0.05) is 13.8 Å². The maximum atomic E-state index is 11.5. The van der Waals surface area contributed by atoms with Crippen molar-refractivity contribution in [1.29, 1.82) is 0 Å². The second kappa shape index (κ2) is 4.63. The van der Waals surface area contributed by atoms with Crippen LogP contribution in [0.2, 0.25) is 0 Å². The van der Waals surface area contributed by atoms with E-state index in [4.69, 9.17) is 5.73 Å². The maximum Gasteiger partial charge on any atom is 0.161 e. The van der Waals surface area contributed by atoms with Gasteiger partial charge in [-0.3, -0.25) is 4.79 Å². The summed E-state index contributed by atoms with van der Waals surface area (Å²) >= 11 is 0. The zero-order valence-electron chi connectivity index (χ0n) is 11.4. The molecule has 3 nitrogen and oxygen atoms in total. The number of carbonyl (C=O) groups excluding carboxylic acids is 1. The number of carbonyl (C=O) groups is 1. The van der Waals surface area contributed by atoms with E-state index in [1.807, 2.05) is 12.1 Å². The molecule has 1 saturated carbocycles. The van der Waals surface area contributed by atoms with E-state index in [0.717, 1.165) is 5.69 Å². The molecular weight excluding hydrogens is 224 g/mol. The van der Waals surface area contributed by atoms with Crippen LogP contribution in [0.25, 0.3) is 0 Å². The lowest BCUT2D eigenvalue weighted by Crippen LogP contribution is -2.17. The molecule has 1 aliphatic rings. The van der Waals surface area contributed by atoms with Crippen molar-refractivity contribution in [2.24, 2.45) is 5.41 Å². The Morgan fingerprint density at radius 2 is 2.17 bits per heavy atom. The number of hydrogen-bond acceptors (Lipinski definition) is 3. The molecule has 0 spiro atoms. The molecule has 18 heavy (non-hydrogen) atoms. The van der Waals surface area contributed by atoms with Gasteiger partial charge in [-0.25, -0.2) is 0 Å². The molecule has 3 heteroatoms. The second-order valence-corrected chi connectivity index (χ2v) is 6.11. The fraction of sp³-hybridized carbons (Fsp3) is 0.533. The van der Waals surface area contributed by atoms with E-state index in [1.165, 1.54) is 19.3 Å². The molecule has 1 aliphatic carbocycles. The number of ketones is 1. The summed E-state index contributed by atoms with van der Waals surface area (Å²) in [6.45, 7) is 6.16. The number of nitrogens with one attached hydrogen (secondary N) is 1. The molecule has 98 valence electrons. The van der Waals surface area contributed by atoms with Gasteiger partial charge in [-0.05, 0) is 49.8 Å². The number of benzene rings is 1. The smallest absolute Gasteiger partial charge is 0.161 e. The molecule has 1 fully saturated rings. The van der Waals surface area contributed by atoms with Gasteiger partial charge in [0.25, 0.3) is 0 Å². The largest absolute Gasteiger partial charge is 0.398 e. The molecule has 0 bridgehead atoms. The standard InChI is InChI=1S/C15H22N2O/c1-10(18)13-8-11(4-5-14(13)16)17-12-6-7-15(2,3)9-12/h4-5,8,12,17H,6-7,9,16H2,1-3H3. The van der Waals surface area contributed by atoms with Gasteiger partial charge in [0.1, 0.15) is 0 Å². The Morgan fingerprint density at radius 1 is 1.44 bits per heavy atom. The van der Waals surface area contributed by atoms with Crippen molar-refractivity contribution in [2.45, 2.75) is 46.1 Å². The molecule has 1 atom stereocenters. The second-order valence-electron chi connectivity index (χ2n) is 6.11. The molecule has 0 amide bonds. The highest BCUT2D eigenvalue weighted by molar-refractivity contribution is 6.00. The minimum absolute atomic E-state index is 0.0166. The zero-order chi connectivity index (χ0) is 13.3. The molecule has 1 unspecified atom stereocenters. The van der Waals surface area contributed by atoms with E-state index >= 15 is 0 Å². The minimum Gasteiger partial charge on any atom is -0.398 e. The predicted molar refractivity (Wildman–Crippen MR) is 75.9 cm³/mol. The summed E-state index contributed by atoms with van der Waals surface area (Å²) in [7, 11) is 0. The van der Waals surface area contributed by atoms with Gasteiger partial charge < -0.3 is 11.1 Å². The normalized spacial score (nSPS) is 21.8. The zero-order valence-corrected chi connectivity index (χ0v) is 11.4. The molecule has 0 saturated heterocycles. The Morgan fingerprint density at radius 3 is 2.72 bits per heavy atom. The van der Waals surface area contributed by atoms with Crippen molar-refractivity contribution in [3.05, 3.63) is 23.8 Å². The van der Waals surface area contributed by atoms with Crippen molar-refractivity contribution in [1.82, 2.24) is 0 Å². The summed E-state index contributed by atoms with van der Waals surface area (Å²) in [5.74, 6) is 0.0166. The highest BCUT2D eigenvalue weighted by Gasteiger charge is 2.30. The third kappa shape index (κ3) is 2.84. The summed E-state index contributed by atoms with van der Waals surface area (Å²) in [6.07, 6.45) is 3.61. The molecule has 1 aromatic rings. The molecule has 0 radical (unpaired) electrons. The lowest BCUT2D eigenvalue weighted by Gasteiger charge is -2.19. The first-order valence-electron chi connectivity index (χ1n) is 6.54. The Labute approximate surface area is 109 Å². The van der Waals surface area contributed by atoms with E-state index in [2.05, 4.69) is 19.2 Å². The van der Waals surface area contributed by atoms with Gasteiger partial charge in [0.15, 0.2) is 5.78 Å². The molecule has 0 aromatic heterocycles. The summed E-state index contributed by atoms with van der Waals surface area (Å²) in [6, 6.07) is 6.12. The third-order valence-electron chi connectivity index (χ3n) is 3.77. The van der Waals surface area contributed by atoms with Crippen LogP contribution in [0.4, 0.5) is 11.4 Å².